The molecule has 0 aliphatic rings. The molecule has 0 amide bonds. The van der Waals surface area contributed by atoms with E-state index in [4.69, 9.17) is 4.43 Å². The van der Waals surface area contributed by atoms with Gasteiger partial charge in [-0.15, -0.1) is 0 Å². The van der Waals surface area contributed by atoms with Crippen molar-refractivity contribution >= 4 is 15.7 Å². The monoisotopic (exact) mass is 214 g/mol. The van der Waals surface area contributed by atoms with Gasteiger partial charge in [-0.3, -0.25) is 0 Å². The molecule has 0 unspecified atom stereocenters. The quantitative estimate of drug-likeness (QED) is 0.353. The Morgan fingerprint density at radius 1 is 1.29 bits per heavy atom. The van der Waals surface area contributed by atoms with Crippen molar-refractivity contribution in [2.24, 2.45) is 0 Å². The van der Waals surface area contributed by atoms with Crippen LogP contribution < -0.4 is 0 Å². The molecule has 82 valence electrons. The number of hydrogen-bond donors (Lipinski definition) is 0. The van der Waals surface area contributed by atoms with Crippen LogP contribution in [0.25, 0.3) is 0 Å². The van der Waals surface area contributed by atoms with Gasteiger partial charge in [-0.2, -0.15) is 0 Å². The Morgan fingerprint density at radius 2 is 1.93 bits per heavy atom. The zero-order chi connectivity index (χ0) is 10.8. The fraction of sp³-hybridized carbons (Fsp3) is 0.727. The van der Waals surface area contributed by atoms with E-state index in [9.17, 15) is 4.79 Å². The highest BCUT2D eigenvalue weighted by atomic mass is 28.2. The molecule has 0 saturated carbocycles. The summed E-state index contributed by atoms with van der Waals surface area (Å²) < 4.78 is 5.20. The molecule has 0 aliphatic carbocycles. The molecule has 0 N–H and O–H groups in total. The van der Waals surface area contributed by atoms with Crippen LogP contribution in [0.5, 0.6) is 0 Å². The van der Waals surface area contributed by atoms with Gasteiger partial charge in [0.2, 0.25) is 9.76 Å². The van der Waals surface area contributed by atoms with Crippen molar-refractivity contribution in [2.45, 2.75) is 52.0 Å². The first-order chi connectivity index (χ1) is 6.72. The minimum absolute atomic E-state index is 0.152. The Balaban J connectivity index is 3.47. The van der Waals surface area contributed by atoms with E-state index >= 15 is 0 Å². The van der Waals surface area contributed by atoms with Crippen LogP contribution in [0.4, 0.5) is 0 Å². The molecule has 0 rings (SSSR count). The second-order valence-electron chi connectivity index (χ2n) is 3.55. The fourth-order valence-corrected chi connectivity index (χ4v) is 2.35. The zero-order valence-corrected chi connectivity index (χ0v) is 10.9. The molecule has 0 heterocycles. The maximum absolute atomic E-state index is 11.3. The van der Waals surface area contributed by atoms with Gasteiger partial charge in [0, 0.05) is 5.57 Å². The van der Waals surface area contributed by atoms with Gasteiger partial charge in [0.15, 0.2) is 0 Å². The van der Waals surface area contributed by atoms with E-state index in [1.165, 1.54) is 12.8 Å². The lowest BCUT2D eigenvalue weighted by molar-refractivity contribution is -0.130. The maximum atomic E-state index is 11.3. The van der Waals surface area contributed by atoms with Crippen molar-refractivity contribution in [1.82, 2.24) is 0 Å². The maximum Gasteiger partial charge on any atom is 0.319 e. The Morgan fingerprint density at radius 3 is 2.50 bits per heavy atom. The third kappa shape index (κ3) is 6.89. The summed E-state index contributed by atoms with van der Waals surface area (Å²) in [5, 5.41) is 0. The molecule has 2 nitrogen and oxygen atoms in total. The minimum Gasteiger partial charge on any atom is -0.522 e. The largest absolute Gasteiger partial charge is 0.522 e. The molecular weight excluding hydrogens is 192 g/mol. The Hall–Kier alpha value is -0.573. The lowest BCUT2D eigenvalue weighted by Gasteiger charge is -2.06. The van der Waals surface area contributed by atoms with Gasteiger partial charge in [0.25, 0.3) is 0 Å². The second-order valence-corrected chi connectivity index (χ2v) is 4.95. The van der Waals surface area contributed by atoms with Crippen LogP contribution in [-0.4, -0.2) is 15.7 Å². The zero-order valence-electron chi connectivity index (χ0n) is 9.47. The summed E-state index contributed by atoms with van der Waals surface area (Å²) in [6, 6.07) is 1.10. The summed E-state index contributed by atoms with van der Waals surface area (Å²) in [4.78, 5) is 11.3. The minimum atomic E-state index is -0.624. The summed E-state index contributed by atoms with van der Waals surface area (Å²) >= 11 is 0. The first-order valence-electron chi connectivity index (χ1n) is 5.57. The van der Waals surface area contributed by atoms with Crippen LogP contribution in [0.2, 0.25) is 6.04 Å². The molecule has 0 spiro atoms. The summed E-state index contributed by atoms with van der Waals surface area (Å²) in [5.74, 6) is -0.152. The molecule has 0 saturated heterocycles. The van der Waals surface area contributed by atoms with Crippen molar-refractivity contribution in [3.8, 4) is 0 Å². The number of carbonyl (C=O) groups excluding carboxylic acids is 1. The highest BCUT2D eigenvalue weighted by Crippen LogP contribution is 2.06. The summed E-state index contributed by atoms with van der Waals surface area (Å²) in [7, 11) is -0.624. The van der Waals surface area contributed by atoms with Gasteiger partial charge in [-0.25, -0.2) is 4.79 Å². The molecule has 0 aromatic carbocycles. The van der Waals surface area contributed by atoms with E-state index < -0.39 is 9.76 Å². The van der Waals surface area contributed by atoms with Crippen LogP contribution in [0.1, 0.15) is 46.0 Å². The predicted molar refractivity (Wildman–Crippen MR) is 63.0 cm³/mol. The van der Waals surface area contributed by atoms with Crippen molar-refractivity contribution in [1.29, 1.82) is 0 Å². The van der Waals surface area contributed by atoms with E-state index in [-0.39, 0.29) is 5.97 Å². The van der Waals surface area contributed by atoms with Gasteiger partial charge in [-0.1, -0.05) is 39.7 Å². The highest BCUT2D eigenvalue weighted by molar-refractivity contribution is 6.31. The van der Waals surface area contributed by atoms with Crippen LogP contribution in [0, 0.1) is 0 Å². The lowest BCUT2D eigenvalue weighted by atomic mass is 10.1. The normalized spacial score (nSPS) is 10.7. The van der Waals surface area contributed by atoms with Crippen LogP contribution >= 0.6 is 0 Å². The van der Waals surface area contributed by atoms with Crippen LogP contribution in [0.3, 0.4) is 0 Å². The van der Waals surface area contributed by atoms with Gasteiger partial charge in [0.05, 0.1) is 0 Å². The molecule has 0 radical (unpaired) electrons. The molecule has 0 aromatic rings. The van der Waals surface area contributed by atoms with E-state index in [1.54, 1.807) is 0 Å². The SMILES string of the molecule is C=C(CCCC)C(=O)O[SiH2]CCCC. The Bertz CT molecular complexity index is 178. The van der Waals surface area contributed by atoms with Gasteiger partial charge >= 0.3 is 5.97 Å². The number of rotatable bonds is 8. The molecule has 14 heavy (non-hydrogen) atoms. The molecule has 3 heteroatoms. The second kappa shape index (κ2) is 9.00. The average molecular weight is 214 g/mol. The summed E-state index contributed by atoms with van der Waals surface area (Å²) in [6.07, 6.45) is 5.28. The predicted octanol–water partition coefficient (Wildman–Crippen LogP) is 2.58. The molecule has 0 atom stereocenters. The highest BCUT2D eigenvalue weighted by Gasteiger charge is 2.06. The van der Waals surface area contributed by atoms with Crippen molar-refractivity contribution in [2.75, 3.05) is 0 Å². The first kappa shape index (κ1) is 13.4. The smallest absolute Gasteiger partial charge is 0.319 e. The number of carbonyl (C=O) groups is 1. The van der Waals surface area contributed by atoms with Crippen molar-refractivity contribution < 1.29 is 9.22 Å². The molecule has 0 bridgehead atoms. The summed E-state index contributed by atoms with van der Waals surface area (Å²) in [6.45, 7) is 7.99. The number of unbranched alkanes of at least 4 members (excludes halogenated alkanes) is 2. The van der Waals surface area contributed by atoms with Gasteiger partial charge in [-0.05, 0) is 18.9 Å². The fourth-order valence-electron chi connectivity index (χ4n) is 1.11. The third-order valence-corrected chi connectivity index (χ3v) is 3.36. The topological polar surface area (TPSA) is 26.3 Å². The average Bonchev–Trinajstić information content (AvgIpc) is 2.20. The van der Waals surface area contributed by atoms with Gasteiger partial charge < -0.3 is 4.43 Å². The molecular formula is C11H22O2Si. The Labute approximate surface area is 89.7 Å². The first-order valence-corrected chi connectivity index (χ1v) is 7.15. The summed E-state index contributed by atoms with van der Waals surface area (Å²) in [5.41, 5.74) is 0.649. The number of hydrogen-bond acceptors (Lipinski definition) is 2. The van der Waals surface area contributed by atoms with Crippen LogP contribution in [-0.2, 0) is 9.22 Å². The molecule has 0 aliphatic heterocycles. The van der Waals surface area contributed by atoms with Crippen LogP contribution in [0.15, 0.2) is 12.2 Å². The van der Waals surface area contributed by atoms with E-state index in [2.05, 4.69) is 20.4 Å². The van der Waals surface area contributed by atoms with Gasteiger partial charge in [0.1, 0.15) is 0 Å². The van der Waals surface area contributed by atoms with Crippen molar-refractivity contribution in [3.63, 3.8) is 0 Å². The lowest BCUT2D eigenvalue weighted by Crippen LogP contribution is -2.10. The van der Waals surface area contributed by atoms with E-state index in [0.29, 0.717) is 5.57 Å². The van der Waals surface area contributed by atoms with Crippen molar-refractivity contribution in [3.05, 3.63) is 12.2 Å². The molecule has 0 aromatic heterocycles. The third-order valence-electron chi connectivity index (χ3n) is 2.10. The van der Waals surface area contributed by atoms with E-state index in [1.807, 2.05) is 0 Å². The Kier molecular flexibility index (Phi) is 8.63. The van der Waals surface area contributed by atoms with E-state index in [0.717, 1.165) is 25.3 Å². The molecule has 0 fully saturated rings. The standard InChI is InChI=1S/C11H22O2Si/c1-4-6-8-10(3)11(12)13-14-9-7-5-2/h3-9,14H2,1-2H3.